The number of hydrogen-bond donors (Lipinski definition) is 0. The number of ether oxygens (including phenoxy) is 1. The van der Waals surface area contributed by atoms with E-state index in [-0.39, 0.29) is 5.78 Å². The maximum Gasteiger partial charge on any atom is 0.220 e. The van der Waals surface area contributed by atoms with E-state index in [9.17, 15) is 4.79 Å². The number of thiocarbonyl (C=S) groups is 1. The maximum absolute atomic E-state index is 11.8. The highest BCUT2D eigenvalue weighted by atomic mass is 79.9. The van der Waals surface area contributed by atoms with Crippen molar-refractivity contribution >= 4 is 50.1 Å². The Labute approximate surface area is 126 Å². The molecule has 0 atom stereocenters. The molecular formula is C13H15BrO2S2. The van der Waals surface area contributed by atoms with Crippen molar-refractivity contribution in [2.45, 2.75) is 19.8 Å². The highest BCUT2D eigenvalue weighted by Gasteiger charge is 2.08. The molecule has 0 heterocycles. The number of benzene rings is 1. The maximum atomic E-state index is 11.8. The van der Waals surface area contributed by atoms with Crippen LogP contribution in [0.25, 0.3) is 0 Å². The Morgan fingerprint density at radius 1 is 1.39 bits per heavy atom. The number of carbonyl (C=O) groups excluding carboxylic acids is 1. The monoisotopic (exact) mass is 346 g/mol. The van der Waals surface area contributed by atoms with Gasteiger partial charge in [0.1, 0.15) is 0 Å². The first kappa shape index (κ1) is 15.7. The van der Waals surface area contributed by atoms with Crippen LogP contribution in [0.4, 0.5) is 0 Å². The molecule has 0 spiro atoms. The average molecular weight is 347 g/mol. The predicted octanol–water partition coefficient (Wildman–Crippen LogP) is 4.47. The molecule has 0 N–H and O–H groups in total. The van der Waals surface area contributed by atoms with Crippen molar-refractivity contribution in [3.63, 3.8) is 0 Å². The largest absolute Gasteiger partial charge is 0.479 e. The van der Waals surface area contributed by atoms with E-state index in [1.165, 1.54) is 11.8 Å². The van der Waals surface area contributed by atoms with Gasteiger partial charge >= 0.3 is 0 Å². The number of thioether (sulfide) groups is 1. The van der Waals surface area contributed by atoms with Crippen LogP contribution in [-0.2, 0) is 4.74 Å². The van der Waals surface area contributed by atoms with Gasteiger partial charge in [0.05, 0.1) is 12.4 Å². The number of ketones is 1. The SMILES string of the molecule is CCCCOC(=S)SCC(=O)c1ccc(Br)cc1. The lowest BCUT2D eigenvalue weighted by atomic mass is 10.2. The van der Waals surface area contributed by atoms with Gasteiger partial charge in [0, 0.05) is 10.0 Å². The fraction of sp³-hybridized carbons (Fsp3) is 0.385. The molecule has 0 aliphatic carbocycles. The number of Topliss-reactive ketones (excluding diaryl/α,β-unsaturated/α-hetero) is 1. The van der Waals surface area contributed by atoms with E-state index in [0.29, 0.717) is 22.3 Å². The fourth-order valence-corrected chi connectivity index (χ4v) is 2.29. The number of hydrogen-bond acceptors (Lipinski definition) is 4. The van der Waals surface area contributed by atoms with Crippen molar-refractivity contribution in [2.24, 2.45) is 0 Å². The molecule has 5 heteroatoms. The summed E-state index contributed by atoms with van der Waals surface area (Å²) in [5.41, 5.74) is 0.696. The van der Waals surface area contributed by atoms with Crippen LogP contribution in [0.2, 0.25) is 0 Å². The van der Waals surface area contributed by atoms with E-state index in [0.717, 1.165) is 17.3 Å². The van der Waals surface area contributed by atoms with E-state index in [2.05, 4.69) is 22.9 Å². The first-order valence-electron chi connectivity index (χ1n) is 5.71. The van der Waals surface area contributed by atoms with Gasteiger partial charge in [-0.2, -0.15) is 0 Å². The Bertz CT molecular complexity index is 404. The van der Waals surface area contributed by atoms with Gasteiger partial charge in [-0.1, -0.05) is 53.2 Å². The molecule has 0 saturated heterocycles. The topological polar surface area (TPSA) is 26.3 Å². The highest BCUT2D eigenvalue weighted by Crippen LogP contribution is 2.14. The van der Waals surface area contributed by atoms with Crippen LogP contribution in [0.15, 0.2) is 28.7 Å². The van der Waals surface area contributed by atoms with Crippen LogP contribution in [0.1, 0.15) is 30.1 Å². The van der Waals surface area contributed by atoms with Gasteiger partial charge in [-0.3, -0.25) is 4.79 Å². The Hall–Kier alpha value is -0.390. The quantitative estimate of drug-likeness (QED) is 0.431. The Morgan fingerprint density at radius 3 is 2.67 bits per heavy atom. The molecule has 98 valence electrons. The molecular weight excluding hydrogens is 332 g/mol. The zero-order valence-electron chi connectivity index (χ0n) is 10.1. The average Bonchev–Trinajstić information content (AvgIpc) is 2.37. The summed E-state index contributed by atoms with van der Waals surface area (Å²) in [5.74, 6) is 0.390. The van der Waals surface area contributed by atoms with Crippen molar-refractivity contribution in [1.82, 2.24) is 0 Å². The second-order valence-electron chi connectivity index (χ2n) is 3.67. The molecule has 0 bridgehead atoms. The molecule has 18 heavy (non-hydrogen) atoms. The molecule has 0 amide bonds. The summed E-state index contributed by atoms with van der Waals surface area (Å²) in [5, 5.41) is 0. The van der Waals surface area contributed by atoms with Gasteiger partial charge in [0.15, 0.2) is 5.78 Å². The van der Waals surface area contributed by atoms with E-state index < -0.39 is 0 Å². The standard InChI is InChI=1S/C13H15BrO2S2/c1-2-3-8-16-13(17)18-9-12(15)10-4-6-11(14)7-5-10/h4-7H,2-3,8-9H2,1H3. The fourth-order valence-electron chi connectivity index (χ4n) is 1.19. The lowest BCUT2D eigenvalue weighted by Gasteiger charge is -2.05. The molecule has 0 aliphatic rings. The molecule has 0 unspecified atom stereocenters. The summed E-state index contributed by atoms with van der Waals surface area (Å²) in [7, 11) is 0. The smallest absolute Gasteiger partial charge is 0.220 e. The Morgan fingerprint density at radius 2 is 2.06 bits per heavy atom. The molecule has 2 nitrogen and oxygen atoms in total. The predicted molar refractivity (Wildman–Crippen MR) is 84.4 cm³/mol. The van der Waals surface area contributed by atoms with Crippen LogP contribution >= 0.6 is 39.9 Å². The van der Waals surface area contributed by atoms with E-state index in [4.69, 9.17) is 17.0 Å². The van der Waals surface area contributed by atoms with Crippen LogP contribution in [0, 0.1) is 0 Å². The van der Waals surface area contributed by atoms with Crippen LogP contribution in [0.5, 0.6) is 0 Å². The minimum Gasteiger partial charge on any atom is -0.479 e. The van der Waals surface area contributed by atoms with Gasteiger partial charge in [0.25, 0.3) is 0 Å². The molecule has 0 saturated carbocycles. The number of carbonyl (C=O) groups is 1. The van der Waals surface area contributed by atoms with E-state index in [1.807, 2.05) is 12.1 Å². The van der Waals surface area contributed by atoms with Crippen molar-refractivity contribution < 1.29 is 9.53 Å². The summed E-state index contributed by atoms with van der Waals surface area (Å²) < 4.78 is 6.74. The number of rotatable bonds is 6. The van der Waals surface area contributed by atoms with E-state index >= 15 is 0 Å². The lowest BCUT2D eigenvalue weighted by molar-refractivity contribution is 0.102. The summed E-state index contributed by atoms with van der Waals surface area (Å²) in [6.45, 7) is 2.73. The third kappa shape index (κ3) is 5.98. The Kier molecular flexibility index (Phi) is 7.54. The first-order chi connectivity index (χ1) is 8.63. The first-order valence-corrected chi connectivity index (χ1v) is 7.90. The van der Waals surface area contributed by atoms with Crippen LogP contribution in [0.3, 0.4) is 0 Å². The van der Waals surface area contributed by atoms with Gasteiger partial charge in [-0.05, 0) is 30.8 Å². The summed E-state index contributed by atoms with van der Waals surface area (Å²) in [6, 6.07) is 7.31. The second kappa shape index (κ2) is 8.67. The highest BCUT2D eigenvalue weighted by molar-refractivity contribution is 9.10. The van der Waals surface area contributed by atoms with Gasteiger partial charge in [-0.15, -0.1) is 0 Å². The molecule has 0 aliphatic heterocycles. The van der Waals surface area contributed by atoms with Crippen molar-refractivity contribution in [1.29, 1.82) is 0 Å². The second-order valence-corrected chi connectivity index (χ2v) is 6.16. The number of halogens is 1. The third-order valence-electron chi connectivity index (χ3n) is 2.21. The molecule has 0 fully saturated rings. The van der Waals surface area contributed by atoms with Gasteiger partial charge in [0.2, 0.25) is 4.38 Å². The number of unbranched alkanes of at least 4 members (excludes halogenated alkanes) is 1. The molecule has 0 aromatic heterocycles. The lowest BCUT2D eigenvalue weighted by Crippen LogP contribution is -2.06. The summed E-state index contributed by atoms with van der Waals surface area (Å²) >= 11 is 9.65. The van der Waals surface area contributed by atoms with Crippen molar-refractivity contribution in [3.8, 4) is 0 Å². The molecule has 0 radical (unpaired) electrons. The summed E-state index contributed by atoms with van der Waals surface area (Å²) in [4.78, 5) is 11.8. The third-order valence-corrected chi connectivity index (χ3v) is 3.97. The van der Waals surface area contributed by atoms with Gasteiger partial charge in [-0.25, -0.2) is 0 Å². The molecule has 1 aromatic carbocycles. The molecule has 1 aromatic rings. The molecule has 1 rings (SSSR count). The van der Waals surface area contributed by atoms with Crippen LogP contribution in [-0.4, -0.2) is 22.5 Å². The Balaban J connectivity index is 2.32. The normalized spacial score (nSPS) is 10.1. The minimum atomic E-state index is 0.0638. The zero-order valence-corrected chi connectivity index (χ0v) is 13.4. The van der Waals surface area contributed by atoms with Crippen molar-refractivity contribution in [3.05, 3.63) is 34.3 Å². The van der Waals surface area contributed by atoms with Gasteiger partial charge < -0.3 is 4.74 Å². The van der Waals surface area contributed by atoms with E-state index in [1.54, 1.807) is 12.1 Å². The van der Waals surface area contributed by atoms with Crippen LogP contribution < -0.4 is 0 Å². The van der Waals surface area contributed by atoms with Crippen molar-refractivity contribution in [2.75, 3.05) is 12.4 Å². The summed E-state index contributed by atoms with van der Waals surface area (Å²) in [6.07, 6.45) is 2.06. The zero-order chi connectivity index (χ0) is 13.4. The minimum absolute atomic E-state index is 0.0638.